The third-order valence-electron chi connectivity index (χ3n) is 4.71. The van der Waals surface area contributed by atoms with Crippen LogP contribution in [0.25, 0.3) is 0 Å². The summed E-state index contributed by atoms with van der Waals surface area (Å²) in [6.07, 6.45) is 8.60. The van der Waals surface area contributed by atoms with E-state index in [1.165, 1.54) is 58.2 Å². The van der Waals surface area contributed by atoms with Crippen molar-refractivity contribution < 1.29 is 4.74 Å². The Morgan fingerprint density at radius 3 is 2.50 bits per heavy atom. The third-order valence-corrected chi connectivity index (χ3v) is 4.71. The first-order valence-corrected chi connectivity index (χ1v) is 7.84. The van der Waals surface area contributed by atoms with Gasteiger partial charge in [-0.2, -0.15) is 0 Å². The lowest BCUT2D eigenvalue weighted by Crippen LogP contribution is -2.46. The number of likely N-dealkylation sites (tertiary alicyclic amines) is 1. The van der Waals surface area contributed by atoms with Crippen LogP contribution in [-0.2, 0) is 4.74 Å². The van der Waals surface area contributed by atoms with E-state index in [2.05, 4.69) is 24.2 Å². The zero-order chi connectivity index (χ0) is 12.8. The van der Waals surface area contributed by atoms with Crippen LogP contribution in [0.5, 0.6) is 0 Å². The van der Waals surface area contributed by atoms with Crippen molar-refractivity contribution >= 4 is 0 Å². The van der Waals surface area contributed by atoms with E-state index >= 15 is 0 Å². The topological polar surface area (TPSA) is 24.5 Å². The second-order valence-electron chi connectivity index (χ2n) is 5.90. The maximum absolute atomic E-state index is 5.72. The molecule has 1 heterocycles. The summed E-state index contributed by atoms with van der Waals surface area (Å²) in [5, 5.41) is 3.52. The molecule has 0 aromatic heterocycles. The lowest BCUT2D eigenvalue weighted by Gasteiger charge is -2.38. The quantitative estimate of drug-likeness (QED) is 0.814. The van der Waals surface area contributed by atoms with E-state index in [0.717, 1.165) is 18.6 Å². The van der Waals surface area contributed by atoms with Crippen LogP contribution in [0.4, 0.5) is 0 Å². The lowest BCUT2D eigenvalue weighted by atomic mass is 9.84. The van der Waals surface area contributed by atoms with E-state index in [0.29, 0.717) is 6.10 Å². The predicted molar refractivity (Wildman–Crippen MR) is 75.9 cm³/mol. The standard InChI is InChI=1S/C15H30N2O/c1-3-18-14-8-10-17(11-9-14)12-13-6-4-5-7-15(13)16-2/h13-16H,3-12H2,1-2H3. The van der Waals surface area contributed by atoms with E-state index < -0.39 is 0 Å². The van der Waals surface area contributed by atoms with Gasteiger partial charge in [0.1, 0.15) is 0 Å². The van der Waals surface area contributed by atoms with Crippen molar-refractivity contribution in [3.8, 4) is 0 Å². The molecule has 0 amide bonds. The molecule has 2 rings (SSSR count). The van der Waals surface area contributed by atoms with Gasteiger partial charge < -0.3 is 15.0 Å². The van der Waals surface area contributed by atoms with Crippen LogP contribution in [-0.4, -0.2) is 50.3 Å². The molecule has 0 aromatic rings. The highest BCUT2D eigenvalue weighted by Crippen LogP contribution is 2.26. The summed E-state index contributed by atoms with van der Waals surface area (Å²) >= 11 is 0. The molecule has 1 saturated carbocycles. The largest absolute Gasteiger partial charge is 0.378 e. The van der Waals surface area contributed by atoms with E-state index in [4.69, 9.17) is 4.74 Å². The van der Waals surface area contributed by atoms with Crippen molar-refractivity contribution in [1.29, 1.82) is 0 Å². The normalized spacial score (nSPS) is 31.7. The van der Waals surface area contributed by atoms with Crippen LogP contribution in [0.15, 0.2) is 0 Å². The van der Waals surface area contributed by atoms with Gasteiger partial charge in [0.15, 0.2) is 0 Å². The molecule has 0 radical (unpaired) electrons. The van der Waals surface area contributed by atoms with E-state index in [1.54, 1.807) is 0 Å². The van der Waals surface area contributed by atoms with Crippen LogP contribution < -0.4 is 5.32 Å². The second kappa shape index (κ2) is 7.46. The van der Waals surface area contributed by atoms with Gasteiger partial charge >= 0.3 is 0 Å². The SMILES string of the molecule is CCOC1CCN(CC2CCCCC2NC)CC1. The van der Waals surface area contributed by atoms with Crippen molar-refractivity contribution in [3.05, 3.63) is 0 Å². The van der Waals surface area contributed by atoms with Gasteiger partial charge in [-0.25, -0.2) is 0 Å². The zero-order valence-electron chi connectivity index (χ0n) is 12.2. The molecule has 3 nitrogen and oxygen atoms in total. The minimum absolute atomic E-state index is 0.526. The number of piperidine rings is 1. The zero-order valence-corrected chi connectivity index (χ0v) is 12.2. The van der Waals surface area contributed by atoms with Crippen molar-refractivity contribution in [3.63, 3.8) is 0 Å². The number of hydrogen-bond donors (Lipinski definition) is 1. The second-order valence-corrected chi connectivity index (χ2v) is 5.90. The molecule has 106 valence electrons. The first kappa shape index (κ1) is 14.3. The van der Waals surface area contributed by atoms with Crippen molar-refractivity contribution in [2.75, 3.05) is 33.3 Å². The molecule has 2 unspecified atom stereocenters. The Bertz CT molecular complexity index is 227. The Morgan fingerprint density at radius 2 is 1.83 bits per heavy atom. The smallest absolute Gasteiger partial charge is 0.0599 e. The Hall–Kier alpha value is -0.120. The molecule has 2 fully saturated rings. The van der Waals surface area contributed by atoms with Crippen LogP contribution >= 0.6 is 0 Å². The van der Waals surface area contributed by atoms with Gasteiger partial charge in [-0.3, -0.25) is 0 Å². The summed E-state index contributed by atoms with van der Waals surface area (Å²) in [4.78, 5) is 2.66. The Balaban J connectivity index is 1.73. The molecule has 0 spiro atoms. The van der Waals surface area contributed by atoms with Crippen molar-refractivity contribution in [1.82, 2.24) is 10.2 Å². The lowest BCUT2D eigenvalue weighted by molar-refractivity contribution is 0.00843. The molecule has 1 aliphatic carbocycles. The van der Waals surface area contributed by atoms with Gasteiger partial charge in [0.25, 0.3) is 0 Å². The first-order valence-electron chi connectivity index (χ1n) is 7.84. The fraction of sp³-hybridized carbons (Fsp3) is 1.00. The maximum atomic E-state index is 5.72. The van der Waals surface area contributed by atoms with Crippen LogP contribution in [0, 0.1) is 5.92 Å². The van der Waals surface area contributed by atoms with Gasteiger partial charge in [0, 0.05) is 32.3 Å². The summed E-state index contributed by atoms with van der Waals surface area (Å²) in [6.45, 7) is 6.74. The fourth-order valence-corrected chi connectivity index (χ4v) is 3.63. The summed E-state index contributed by atoms with van der Waals surface area (Å²) in [7, 11) is 2.13. The molecule has 3 heteroatoms. The van der Waals surface area contributed by atoms with Crippen molar-refractivity contribution in [2.45, 2.75) is 57.6 Å². The molecule has 18 heavy (non-hydrogen) atoms. The monoisotopic (exact) mass is 254 g/mol. The molecule has 2 aliphatic rings. The highest BCUT2D eigenvalue weighted by molar-refractivity contribution is 4.84. The summed E-state index contributed by atoms with van der Waals surface area (Å²) < 4.78 is 5.72. The number of ether oxygens (including phenoxy) is 1. The Morgan fingerprint density at radius 1 is 1.11 bits per heavy atom. The van der Waals surface area contributed by atoms with Crippen LogP contribution in [0.3, 0.4) is 0 Å². The molecule has 0 aromatic carbocycles. The Labute approximate surface area is 112 Å². The molecular weight excluding hydrogens is 224 g/mol. The van der Waals surface area contributed by atoms with Crippen LogP contribution in [0.1, 0.15) is 45.4 Å². The number of nitrogens with zero attached hydrogens (tertiary/aromatic N) is 1. The predicted octanol–water partition coefficient (Wildman–Crippen LogP) is 2.27. The molecule has 2 atom stereocenters. The average molecular weight is 254 g/mol. The van der Waals surface area contributed by atoms with Crippen molar-refractivity contribution in [2.24, 2.45) is 5.92 Å². The van der Waals surface area contributed by atoms with Gasteiger partial charge in [-0.1, -0.05) is 12.8 Å². The Kier molecular flexibility index (Phi) is 5.93. The van der Waals surface area contributed by atoms with E-state index in [-0.39, 0.29) is 0 Å². The average Bonchev–Trinajstić information content (AvgIpc) is 2.42. The third kappa shape index (κ3) is 3.94. The van der Waals surface area contributed by atoms with Gasteiger partial charge in [0.05, 0.1) is 6.10 Å². The number of rotatable bonds is 5. The van der Waals surface area contributed by atoms with E-state index in [9.17, 15) is 0 Å². The minimum atomic E-state index is 0.526. The van der Waals surface area contributed by atoms with Gasteiger partial charge in [-0.05, 0) is 45.6 Å². The molecular formula is C15H30N2O. The molecule has 1 aliphatic heterocycles. The molecule has 0 bridgehead atoms. The van der Waals surface area contributed by atoms with Crippen LogP contribution in [0.2, 0.25) is 0 Å². The fourth-order valence-electron chi connectivity index (χ4n) is 3.63. The number of hydrogen-bond acceptors (Lipinski definition) is 3. The minimum Gasteiger partial charge on any atom is -0.378 e. The molecule has 1 N–H and O–H groups in total. The van der Waals surface area contributed by atoms with Gasteiger partial charge in [0.2, 0.25) is 0 Å². The summed E-state index contributed by atoms with van der Waals surface area (Å²) in [5.74, 6) is 0.868. The summed E-state index contributed by atoms with van der Waals surface area (Å²) in [5.41, 5.74) is 0. The molecule has 1 saturated heterocycles. The summed E-state index contributed by atoms with van der Waals surface area (Å²) in [6, 6.07) is 0.753. The maximum Gasteiger partial charge on any atom is 0.0599 e. The van der Waals surface area contributed by atoms with Gasteiger partial charge in [-0.15, -0.1) is 0 Å². The highest BCUT2D eigenvalue weighted by atomic mass is 16.5. The number of nitrogens with one attached hydrogen (secondary N) is 1. The first-order chi connectivity index (χ1) is 8.83. The highest BCUT2D eigenvalue weighted by Gasteiger charge is 2.27. The van der Waals surface area contributed by atoms with E-state index in [1.807, 2.05) is 0 Å².